The van der Waals surface area contributed by atoms with E-state index in [0.717, 1.165) is 45.5 Å². The van der Waals surface area contributed by atoms with Gasteiger partial charge in [0.1, 0.15) is 0 Å². The Morgan fingerprint density at radius 3 is 2.83 bits per heavy atom. The minimum Gasteiger partial charge on any atom is -0.423 e. The van der Waals surface area contributed by atoms with Crippen molar-refractivity contribution in [2.75, 3.05) is 32.8 Å². The summed E-state index contributed by atoms with van der Waals surface area (Å²) in [4.78, 5) is 16.8. The van der Waals surface area contributed by atoms with Gasteiger partial charge in [-0.15, -0.1) is 10.2 Å². The molecule has 0 bridgehead atoms. The van der Waals surface area contributed by atoms with Crippen LogP contribution in [0.3, 0.4) is 0 Å². The van der Waals surface area contributed by atoms with E-state index in [4.69, 9.17) is 9.15 Å². The Bertz CT molecular complexity index is 566. The second kappa shape index (κ2) is 7.19. The van der Waals surface area contributed by atoms with E-state index in [1.165, 1.54) is 0 Å². The maximum Gasteiger partial charge on any atom is 0.242 e. The van der Waals surface area contributed by atoms with Crippen molar-refractivity contribution in [2.24, 2.45) is 0 Å². The zero-order chi connectivity index (χ0) is 17.2. The lowest BCUT2D eigenvalue weighted by atomic mass is 9.97. The van der Waals surface area contributed by atoms with Crippen LogP contribution in [0.2, 0.25) is 0 Å². The van der Waals surface area contributed by atoms with Crippen LogP contribution >= 0.6 is 0 Å². The molecule has 7 nitrogen and oxygen atoms in total. The fourth-order valence-corrected chi connectivity index (χ4v) is 3.50. The van der Waals surface area contributed by atoms with E-state index in [1.54, 1.807) is 0 Å². The molecule has 2 aliphatic rings. The van der Waals surface area contributed by atoms with Crippen LogP contribution in [-0.4, -0.2) is 64.3 Å². The predicted molar refractivity (Wildman–Crippen MR) is 88.5 cm³/mol. The monoisotopic (exact) mass is 336 g/mol. The molecule has 3 rings (SSSR count). The number of hydrogen-bond donors (Lipinski definition) is 0. The van der Waals surface area contributed by atoms with Crippen molar-refractivity contribution < 1.29 is 13.9 Å². The number of carbonyl (C=O) groups excluding carboxylic acids is 1. The van der Waals surface area contributed by atoms with E-state index >= 15 is 0 Å². The summed E-state index contributed by atoms with van der Waals surface area (Å²) >= 11 is 0. The van der Waals surface area contributed by atoms with Gasteiger partial charge < -0.3 is 14.1 Å². The third-order valence-electron chi connectivity index (χ3n) is 5.05. The van der Waals surface area contributed by atoms with Gasteiger partial charge in [0.15, 0.2) is 0 Å². The van der Waals surface area contributed by atoms with Gasteiger partial charge in [0.05, 0.1) is 24.6 Å². The standard InChI is InChI=1S/C17H28N4O3/c1-4-7-20-8-9-21(17(2,3)16(20)22)11-14-18-19-15(24-14)13-6-5-10-23-12-13/h13H,4-12H2,1-3H3. The van der Waals surface area contributed by atoms with Crippen LogP contribution in [0, 0.1) is 0 Å². The quantitative estimate of drug-likeness (QED) is 0.816. The van der Waals surface area contributed by atoms with Gasteiger partial charge in [0.25, 0.3) is 0 Å². The summed E-state index contributed by atoms with van der Waals surface area (Å²) in [6.07, 6.45) is 3.04. The molecule has 1 atom stereocenters. The van der Waals surface area contributed by atoms with E-state index in [1.807, 2.05) is 18.7 Å². The summed E-state index contributed by atoms with van der Waals surface area (Å²) in [6, 6.07) is 0. The highest BCUT2D eigenvalue weighted by atomic mass is 16.5. The highest BCUT2D eigenvalue weighted by Gasteiger charge is 2.42. The average Bonchev–Trinajstić information content (AvgIpc) is 3.05. The van der Waals surface area contributed by atoms with Crippen molar-refractivity contribution in [3.63, 3.8) is 0 Å². The first kappa shape index (κ1) is 17.4. The van der Waals surface area contributed by atoms with Crippen LogP contribution in [0.5, 0.6) is 0 Å². The topological polar surface area (TPSA) is 71.7 Å². The van der Waals surface area contributed by atoms with Gasteiger partial charge in [-0.25, -0.2) is 0 Å². The van der Waals surface area contributed by atoms with E-state index in [9.17, 15) is 4.79 Å². The molecule has 1 unspecified atom stereocenters. The maximum absolute atomic E-state index is 12.7. The Morgan fingerprint density at radius 2 is 2.12 bits per heavy atom. The smallest absolute Gasteiger partial charge is 0.242 e. The second-order valence-electron chi connectivity index (χ2n) is 7.22. The first-order valence-corrected chi connectivity index (χ1v) is 8.96. The molecule has 0 spiro atoms. The van der Waals surface area contributed by atoms with Crippen LogP contribution in [0.4, 0.5) is 0 Å². The first-order chi connectivity index (χ1) is 11.5. The van der Waals surface area contributed by atoms with Crippen molar-refractivity contribution >= 4 is 5.91 Å². The van der Waals surface area contributed by atoms with Crippen LogP contribution in [0.1, 0.15) is 57.7 Å². The Kier molecular flexibility index (Phi) is 5.20. The Balaban J connectivity index is 1.65. The molecule has 0 radical (unpaired) electrons. The normalized spacial score (nSPS) is 25.2. The molecule has 0 aromatic carbocycles. The minimum atomic E-state index is -0.546. The third-order valence-corrected chi connectivity index (χ3v) is 5.05. The van der Waals surface area contributed by atoms with Crippen molar-refractivity contribution in [1.82, 2.24) is 20.0 Å². The molecule has 0 N–H and O–H groups in total. The van der Waals surface area contributed by atoms with E-state index < -0.39 is 5.54 Å². The number of amides is 1. The molecule has 0 aliphatic carbocycles. The first-order valence-electron chi connectivity index (χ1n) is 8.96. The lowest BCUT2D eigenvalue weighted by molar-refractivity contribution is -0.149. The summed E-state index contributed by atoms with van der Waals surface area (Å²) in [7, 11) is 0. The molecular formula is C17H28N4O3. The molecule has 2 aliphatic heterocycles. The lowest BCUT2D eigenvalue weighted by Crippen LogP contribution is -2.62. The van der Waals surface area contributed by atoms with Gasteiger partial charge in [-0.1, -0.05) is 6.92 Å². The fourth-order valence-electron chi connectivity index (χ4n) is 3.50. The Labute approximate surface area is 143 Å². The minimum absolute atomic E-state index is 0.177. The van der Waals surface area contributed by atoms with E-state index in [-0.39, 0.29) is 11.8 Å². The number of aromatic nitrogens is 2. The maximum atomic E-state index is 12.7. The molecule has 2 saturated heterocycles. The summed E-state index contributed by atoms with van der Waals surface area (Å²) in [6.45, 7) is 10.4. The summed E-state index contributed by atoms with van der Waals surface area (Å²) in [5, 5.41) is 8.39. The molecule has 1 aromatic rings. The highest BCUT2D eigenvalue weighted by molar-refractivity contribution is 5.86. The second-order valence-corrected chi connectivity index (χ2v) is 7.22. The molecule has 1 aromatic heterocycles. The van der Waals surface area contributed by atoms with Gasteiger partial charge in [0.2, 0.25) is 17.7 Å². The van der Waals surface area contributed by atoms with Crippen molar-refractivity contribution in [1.29, 1.82) is 0 Å². The Hall–Kier alpha value is -1.47. The van der Waals surface area contributed by atoms with Crippen LogP contribution < -0.4 is 0 Å². The van der Waals surface area contributed by atoms with Crippen LogP contribution in [-0.2, 0) is 16.1 Å². The summed E-state index contributed by atoms with van der Waals surface area (Å²) in [5.41, 5.74) is -0.546. The number of piperazine rings is 1. The van der Waals surface area contributed by atoms with E-state index in [2.05, 4.69) is 22.0 Å². The summed E-state index contributed by atoms with van der Waals surface area (Å²) < 4.78 is 11.3. The van der Waals surface area contributed by atoms with E-state index in [0.29, 0.717) is 24.9 Å². The number of carbonyl (C=O) groups is 1. The molecule has 7 heteroatoms. The predicted octanol–water partition coefficient (Wildman–Crippen LogP) is 1.80. The number of rotatable bonds is 5. The molecular weight excluding hydrogens is 308 g/mol. The molecule has 2 fully saturated rings. The van der Waals surface area contributed by atoms with Gasteiger partial charge in [-0.2, -0.15) is 0 Å². The molecule has 134 valence electrons. The molecule has 3 heterocycles. The van der Waals surface area contributed by atoms with Crippen molar-refractivity contribution in [3.05, 3.63) is 11.8 Å². The lowest BCUT2D eigenvalue weighted by Gasteiger charge is -2.45. The van der Waals surface area contributed by atoms with Crippen LogP contribution in [0.25, 0.3) is 0 Å². The number of nitrogens with zero attached hydrogens (tertiary/aromatic N) is 4. The average molecular weight is 336 g/mol. The molecule has 0 saturated carbocycles. The molecule has 1 amide bonds. The van der Waals surface area contributed by atoms with Gasteiger partial charge in [0, 0.05) is 26.2 Å². The number of hydrogen-bond acceptors (Lipinski definition) is 6. The van der Waals surface area contributed by atoms with Crippen molar-refractivity contribution in [3.8, 4) is 0 Å². The zero-order valence-electron chi connectivity index (χ0n) is 15.0. The van der Waals surface area contributed by atoms with Gasteiger partial charge in [-0.05, 0) is 33.1 Å². The SMILES string of the molecule is CCCN1CCN(Cc2nnc(C3CCCOC3)o2)C(C)(C)C1=O. The Morgan fingerprint density at radius 1 is 1.29 bits per heavy atom. The number of ether oxygens (including phenoxy) is 1. The largest absolute Gasteiger partial charge is 0.423 e. The molecule has 24 heavy (non-hydrogen) atoms. The van der Waals surface area contributed by atoms with Gasteiger partial charge in [-0.3, -0.25) is 9.69 Å². The van der Waals surface area contributed by atoms with Crippen LogP contribution in [0.15, 0.2) is 4.42 Å². The zero-order valence-corrected chi connectivity index (χ0v) is 15.0. The fraction of sp³-hybridized carbons (Fsp3) is 0.824. The highest BCUT2D eigenvalue weighted by Crippen LogP contribution is 2.27. The summed E-state index contributed by atoms with van der Waals surface area (Å²) in [5.74, 6) is 1.63. The third kappa shape index (κ3) is 3.47. The van der Waals surface area contributed by atoms with Gasteiger partial charge >= 0.3 is 0 Å². The van der Waals surface area contributed by atoms with Crippen molar-refractivity contribution in [2.45, 2.75) is 58.0 Å².